The van der Waals surface area contributed by atoms with E-state index in [1.165, 1.54) is 8.70 Å². The molecule has 0 heterocycles. The number of hydrogen-bond acceptors (Lipinski definition) is 1. The minimum atomic E-state index is -1.76. The number of para-hydroxylation sites is 1. The third-order valence-corrected chi connectivity index (χ3v) is 6.97. The van der Waals surface area contributed by atoms with Gasteiger partial charge in [-0.2, -0.15) is 0 Å². The van der Waals surface area contributed by atoms with E-state index >= 15 is 0 Å². The van der Waals surface area contributed by atoms with Gasteiger partial charge in [0.1, 0.15) is 0 Å². The molecular formula is C18H15AsO. The van der Waals surface area contributed by atoms with E-state index in [1.54, 1.807) is 0 Å². The summed E-state index contributed by atoms with van der Waals surface area (Å²) in [5, 5.41) is 0. The van der Waals surface area contributed by atoms with Gasteiger partial charge in [-0.3, -0.25) is 0 Å². The normalized spacial score (nSPS) is 10.4. The number of benzene rings is 3. The summed E-state index contributed by atoms with van der Waals surface area (Å²) < 4.78 is 8.93. The summed E-state index contributed by atoms with van der Waals surface area (Å²) in [5.74, 6) is 0.945. The predicted molar refractivity (Wildman–Crippen MR) is 85.0 cm³/mol. The summed E-state index contributed by atoms with van der Waals surface area (Å²) in [6, 6.07) is 31.1. The summed E-state index contributed by atoms with van der Waals surface area (Å²) in [6.07, 6.45) is 0. The minimum absolute atomic E-state index is 0.945. The predicted octanol–water partition coefficient (Wildman–Crippen LogP) is 2.87. The summed E-state index contributed by atoms with van der Waals surface area (Å²) >= 11 is -1.76. The van der Waals surface area contributed by atoms with Gasteiger partial charge in [0, 0.05) is 0 Å². The molecule has 0 unspecified atom stereocenters. The average Bonchev–Trinajstić information content (AvgIpc) is 2.55. The van der Waals surface area contributed by atoms with Crippen molar-refractivity contribution in [1.82, 2.24) is 0 Å². The van der Waals surface area contributed by atoms with Gasteiger partial charge < -0.3 is 0 Å². The van der Waals surface area contributed by atoms with E-state index in [2.05, 4.69) is 48.5 Å². The molecule has 3 rings (SSSR count). The fourth-order valence-corrected chi connectivity index (χ4v) is 5.59. The first-order valence-electron chi connectivity index (χ1n) is 6.57. The molecule has 0 atom stereocenters. The van der Waals surface area contributed by atoms with Crippen LogP contribution in [0.3, 0.4) is 0 Å². The first-order chi connectivity index (χ1) is 9.93. The summed E-state index contributed by atoms with van der Waals surface area (Å²) in [7, 11) is 0. The van der Waals surface area contributed by atoms with Gasteiger partial charge in [-0.15, -0.1) is 0 Å². The second kappa shape index (κ2) is 6.45. The van der Waals surface area contributed by atoms with Gasteiger partial charge in [0.05, 0.1) is 0 Å². The van der Waals surface area contributed by atoms with Crippen LogP contribution in [0.1, 0.15) is 0 Å². The van der Waals surface area contributed by atoms with Crippen molar-refractivity contribution >= 4 is 23.7 Å². The topological polar surface area (TPSA) is 9.23 Å². The molecule has 0 aliphatic heterocycles. The van der Waals surface area contributed by atoms with Crippen molar-refractivity contribution in [2.24, 2.45) is 0 Å². The van der Waals surface area contributed by atoms with Crippen LogP contribution < -0.4 is 12.4 Å². The Morgan fingerprint density at radius 3 is 1.35 bits per heavy atom. The SMILES string of the molecule is c1ccc(O[As](c2ccccc2)c2ccccc2)cc1. The third-order valence-electron chi connectivity index (χ3n) is 2.92. The quantitative estimate of drug-likeness (QED) is 0.671. The van der Waals surface area contributed by atoms with Crippen LogP contribution in [0, 0.1) is 0 Å². The van der Waals surface area contributed by atoms with Crippen LogP contribution in [0.4, 0.5) is 0 Å². The van der Waals surface area contributed by atoms with E-state index in [4.69, 9.17) is 3.73 Å². The maximum absolute atomic E-state index is 6.33. The Hall–Kier alpha value is -1.98. The van der Waals surface area contributed by atoms with Crippen molar-refractivity contribution in [3.05, 3.63) is 91.0 Å². The van der Waals surface area contributed by atoms with Crippen LogP contribution in [-0.4, -0.2) is 15.0 Å². The van der Waals surface area contributed by atoms with Crippen LogP contribution >= 0.6 is 0 Å². The Bertz CT molecular complexity index is 599. The second-order valence-electron chi connectivity index (χ2n) is 4.37. The zero-order valence-electron chi connectivity index (χ0n) is 11.0. The molecule has 0 saturated heterocycles. The molecule has 1 nitrogen and oxygen atoms in total. The maximum atomic E-state index is 6.33. The third kappa shape index (κ3) is 3.12. The monoisotopic (exact) mass is 322 g/mol. The summed E-state index contributed by atoms with van der Waals surface area (Å²) in [4.78, 5) is 0. The van der Waals surface area contributed by atoms with Crippen LogP contribution in [0.25, 0.3) is 0 Å². The fraction of sp³-hybridized carbons (Fsp3) is 0. The van der Waals surface area contributed by atoms with Crippen LogP contribution in [-0.2, 0) is 0 Å². The number of hydrogen-bond donors (Lipinski definition) is 0. The Morgan fingerprint density at radius 2 is 0.900 bits per heavy atom. The molecular weight excluding hydrogens is 307 g/mol. The van der Waals surface area contributed by atoms with Crippen molar-refractivity contribution in [2.45, 2.75) is 0 Å². The molecule has 98 valence electrons. The molecule has 0 radical (unpaired) electrons. The van der Waals surface area contributed by atoms with Crippen molar-refractivity contribution in [2.75, 3.05) is 0 Å². The molecule has 20 heavy (non-hydrogen) atoms. The molecule has 2 heteroatoms. The molecule has 0 fully saturated rings. The summed E-state index contributed by atoms with van der Waals surface area (Å²) in [6.45, 7) is 0. The number of rotatable bonds is 4. The molecule has 0 N–H and O–H groups in total. The first kappa shape index (κ1) is 13.0. The van der Waals surface area contributed by atoms with E-state index < -0.39 is 15.0 Å². The molecule has 0 bridgehead atoms. The van der Waals surface area contributed by atoms with E-state index in [1.807, 2.05) is 42.5 Å². The van der Waals surface area contributed by atoms with Gasteiger partial charge in [-0.25, -0.2) is 0 Å². The molecule has 3 aromatic rings. The van der Waals surface area contributed by atoms with Crippen molar-refractivity contribution in [3.63, 3.8) is 0 Å². The van der Waals surface area contributed by atoms with Gasteiger partial charge in [-0.05, 0) is 0 Å². The van der Waals surface area contributed by atoms with Gasteiger partial charge in [0.25, 0.3) is 0 Å². The van der Waals surface area contributed by atoms with Crippen molar-refractivity contribution in [1.29, 1.82) is 0 Å². The molecule has 0 aliphatic rings. The van der Waals surface area contributed by atoms with Crippen LogP contribution in [0.2, 0.25) is 0 Å². The first-order valence-corrected chi connectivity index (χ1v) is 9.21. The van der Waals surface area contributed by atoms with E-state index in [9.17, 15) is 0 Å². The Kier molecular flexibility index (Phi) is 4.20. The van der Waals surface area contributed by atoms with Crippen LogP contribution in [0.15, 0.2) is 91.0 Å². The van der Waals surface area contributed by atoms with Gasteiger partial charge in [0.15, 0.2) is 0 Å². The van der Waals surface area contributed by atoms with E-state index in [-0.39, 0.29) is 0 Å². The van der Waals surface area contributed by atoms with Crippen molar-refractivity contribution in [3.8, 4) is 5.75 Å². The van der Waals surface area contributed by atoms with Gasteiger partial charge in [0.2, 0.25) is 0 Å². The Labute approximate surface area is 124 Å². The van der Waals surface area contributed by atoms with E-state index in [0.29, 0.717) is 0 Å². The van der Waals surface area contributed by atoms with Crippen molar-refractivity contribution < 1.29 is 3.73 Å². The molecule has 0 aromatic heterocycles. The Morgan fingerprint density at radius 1 is 0.500 bits per heavy atom. The molecule has 0 amide bonds. The fourth-order valence-electron chi connectivity index (χ4n) is 1.97. The average molecular weight is 322 g/mol. The van der Waals surface area contributed by atoms with E-state index in [0.717, 1.165) is 5.75 Å². The molecule has 0 spiro atoms. The zero-order valence-corrected chi connectivity index (χ0v) is 12.9. The second-order valence-corrected chi connectivity index (χ2v) is 8.16. The standard InChI is InChI=1S/C18H15AsO/c1-4-10-16(11-5-1)19(17-12-6-2-7-13-17)20-18-14-8-3-9-15-18/h1-15H. The molecule has 0 aliphatic carbocycles. The van der Waals surface area contributed by atoms with Crippen LogP contribution in [0.5, 0.6) is 5.75 Å². The van der Waals surface area contributed by atoms with Gasteiger partial charge >= 0.3 is 124 Å². The molecule has 3 aromatic carbocycles. The molecule has 0 saturated carbocycles. The summed E-state index contributed by atoms with van der Waals surface area (Å²) in [5.41, 5.74) is 0. The Balaban J connectivity index is 1.96. The van der Waals surface area contributed by atoms with Gasteiger partial charge in [-0.1, -0.05) is 0 Å². The zero-order chi connectivity index (χ0) is 13.6.